The molecule has 0 aromatic heterocycles. The van der Waals surface area contributed by atoms with Gasteiger partial charge in [0.15, 0.2) is 0 Å². The maximum atomic E-state index is 10.7. The Hall–Kier alpha value is 0.903. The van der Waals surface area contributed by atoms with E-state index in [0.29, 0.717) is 12.2 Å². The zero-order chi connectivity index (χ0) is 12.5. The largest absolute Gasteiger partial charge is 0.668 e. The first-order chi connectivity index (χ1) is 6.68. The molecular weight excluding hydrogens is 247 g/mol. The minimum Gasteiger partial charge on any atom is -0.368 e. The molecule has 0 aliphatic heterocycles. The maximum absolute atomic E-state index is 10.7. The van der Waals surface area contributed by atoms with Crippen LogP contribution >= 0.6 is 0 Å². The minimum atomic E-state index is -4.61. The SMILES string of the molecule is C=C(C)C(=O)OCC[CH2][K].O[Si](O)(O)O. The number of rotatable bonds is 4. The average Bonchev–Trinajstić information content (AvgIpc) is 2.01. The molecule has 0 unspecified atom stereocenters. The van der Waals surface area contributed by atoms with Crippen molar-refractivity contribution in [1.29, 1.82) is 0 Å². The summed E-state index contributed by atoms with van der Waals surface area (Å²) in [4.78, 5) is 40.0. The van der Waals surface area contributed by atoms with Crippen LogP contribution < -0.4 is 0 Å². The first kappa shape index (κ1) is 18.3. The van der Waals surface area contributed by atoms with Crippen molar-refractivity contribution in [3.8, 4) is 0 Å². The maximum Gasteiger partial charge on any atom is 0.668 e. The van der Waals surface area contributed by atoms with Gasteiger partial charge in [-0.25, -0.2) is 0 Å². The third-order valence-corrected chi connectivity index (χ3v) is 2.18. The van der Waals surface area contributed by atoms with Crippen molar-refractivity contribution in [2.24, 2.45) is 0 Å². The topological polar surface area (TPSA) is 107 Å². The Balaban J connectivity index is 0. The summed E-state index contributed by atoms with van der Waals surface area (Å²) in [6.07, 6.45) is 1.01. The van der Waals surface area contributed by atoms with Crippen molar-refractivity contribution in [3.63, 3.8) is 0 Å². The molecular formula is C7H15KO6Si. The molecule has 0 aromatic carbocycles. The number of carbonyl (C=O) groups is 1. The molecule has 0 atom stereocenters. The van der Waals surface area contributed by atoms with Crippen LogP contribution in [0.5, 0.6) is 0 Å². The number of hydrogen-bond donors (Lipinski definition) is 4. The summed E-state index contributed by atoms with van der Waals surface area (Å²) in [5.74, 6) is -0.263. The molecule has 0 spiro atoms. The van der Waals surface area contributed by atoms with Gasteiger partial charge >= 0.3 is 106 Å². The Morgan fingerprint density at radius 2 is 1.80 bits per heavy atom. The van der Waals surface area contributed by atoms with E-state index in [2.05, 4.69) is 6.58 Å². The van der Waals surface area contributed by atoms with Gasteiger partial charge in [-0.1, -0.05) is 0 Å². The molecule has 0 bridgehead atoms. The summed E-state index contributed by atoms with van der Waals surface area (Å²) in [6, 6.07) is 0. The normalized spacial score (nSPS) is 10.1. The van der Waals surface area contributed by atoms with Crippen molar-refractivity contribution >= 4 is 64.0 Å². The molecule has 0 aliphatic carbocycles. The molecule has 0 radical (unpaired) electrons. The van der Waals surface area contributed by atoms with Gasteiger partial charge in [-0.2, -0.15) is 0 Å². The second-order valence-corrected chi connectivity index (χ2v) is 5.63. The molecule has 0 rings (SSSR count). The van der Waals surface area contributed by atoms with Gasteiger partial charge in [-0.15, -0.1) is 0 Å². The smallest absolute Gasteiger partial charge is 0.368 e. The molecule has 6 nitrogen and oxygen atoms in total. The molecule has 4 N–H and O–H groups in total. The monoisotopic (exact) mass is 262 g/mol. The number of esters is 1. The van der Waals surface area contributed by atoms with Crippen LogP contribution in [-0.2, 0) is 9.53 Å². The van der Waals surface area contributed by atoms with E-state index >= 15 is 0 Å². The van der Waals surface area contributed by atoms with E-state index in [0.717, 1.165) is 55.4 Å². The summed E-state index contributed by atoms with van der Waals surface area (Å²) >= 11 is 0.878. The van der Waals surface area contributed by atoms with Crippen molar-refractivity contribution in [2.45, 2.75) is 13.9 Å². The summed E-state index contributed by atoms with van der Waals surface area (Å²) in [6.45, 7) is 5.69. The van der Waals surface area contributed by atoms with Gasteiger partial charge in [0, 0.05) is 0 Å². The molecule has 84 valence electrons. The Morgan fingerprint density at radius 1 is 1.40 bits per heavy atom. The molecule has 0 aromatic rings. The van der Waals surface area contributed by atoms with E-state index in [1.54, 1.807) is 6.92 Å². The summed E-state index contributed by atoms with van der Waals surface area (Å²) in [7, 11) is -4.61. The number of hydrogen-bond acceptors (Lipinski definition) is 6. The van der Waals surface area contributed by atoms with Crippen LogP contribution in [0.4, 0.5) is 0 Å². The molecule has 0 heterocycles. The molecule has 0 saturated heterocycles. The van der Waals surface area contributed by atoms with Crippen LogP contribution in [0.1, 0.15) is 13.3 Å². The quantitative estimate of drug-likeness (QED) is 0.212. The fraction of sp³-hybridized carbons (Fsp3) is 0.571. The second-order valence-electron chi connectivity index (χ2n) is 2.87. The Kier molecular flexibility index (Phi) is 12.3. The van der Waals surface area contributed by atoms with Crippen LogP contribution in [0.15, 0.2) is 12.2 Å². The van der Waals surface area contributed by atoms with Crippen LogP contribution in [0.25, 0.3) is 0 Å². The summed E-state index contributed by atoms with van der Waals surface area (Å²) < 4.78 is 6.07. The van der Waals surface area contributed by atoms with E-state index in [1.807, 2.05) is 0 Å². The first-order valence-corrected chi connectivity index (χ1v) is 8.40. The fourth-order valence-electron chi connectivity index (χ4n) is 0.432. The minimum absolute atomic E-state index is 0.263. The van der Waals surface area contributed by atoms with Crippen molar-refractivity contribution in [3.05, 3.63) is 12.2 Å². The van der Waals surface area contributed by atoms with Gasteiger partial charge in [-0.3, -0.25) is 0 Å². The third kappa shape index (κ3) is 25.3. The Bertz CT molecular complexity index is 196. The molecule has 0 saturated carbocycles. The van der Waals surface area contributed by atoms with Crippen LogP contribution in [-0.4, -0.2) is 89.8 Å². The van der Waals surface area contributed by atoms with Gasteiger partial charge in [0.1, 0.15) is 0 Å². The molecule has 0 fully saturated rings. The van der Waals surface area contributed by atoms with E-state index in [1.165, 1.54) is 0.515 Å². The number of carbonyl (C=O) groups excluding carboxylic acids is 1. The van der Waals surface area contributed by atoms with Gasteiger partial charge in [0.05, 0.1) is 0 Å². The van der Waals surface area contributed by atoms with Crippen LogP contribution in [0, 0.1) is 0 Å². The first-order valence-electron chi connectivity index (χ1n) is 4.40. The Morgan fingerprint density at radius 3 is 2.07 bits per heavy atom. The summed E-state index contributed by atoms with van der Waals surface area (Å²) in [5, 5.41) is 0. The third-order valence-electron chi connectivity index (χ3n) is 1.08. The van der Waals surface area contributed by atoms with E-state index in [-0.39, 0.29) is 5.97 Å². The van der Waals surface area contributed by atoms with Crippen LogP contribution in [0.3, 0.4) is 0 Å². The van der Waals surface area contributed by atoms with Crippen molar-refractivity contribution in [1.82, 2.24) is 0 Å². The second kappa shape index (κ2) is 10.1. The van der Waals surface area contributed by atoms with Gasteiger partial charge in [0.25, 0.3) is 0 Å². The van der Waals surface area contributed by atoms with Gasteiger partial charge in [0.2, 0.25) is 0 Å². The molecule has 0 amide bonds. The van der Waals surface area contributed by atoms with E-state index < -0.39 is 9.05 Å². The van der Waals surface area contributed by atoms with Crippen molar-refractivity contribution < 1.29 is 28.7 Å². The Labute approximate surface area is 124 Å². The average molecular weight is 262 g/mol. The van der Waals surface area contributed by atoms with E-state index in [9.17, 15) is 4.79 Å². The van der Waals surface area contributed by atoms with Gasteiger partial charge < -0.3 is 19.2 Å². The predicted molar refractivity (Wildman–Crippen MR) is 55.6 cm³/mol. The molecule has 0 aliphatic rings. The van der Waals surface area contributed by atoms with Crippen molar-refractivity contribution in [2.75, 3.05) is 6.61 Å². The van der Waals surface area contributed by atoms with E-state index in [4.69, 9.17) is 23.9 Å². The standard InChI is InChI=1S/C7H11O2.K.H4O4Si/c1-4-5-9-7(8)6(2)3;;1-5(2,3)4/h1-2,4-5H2,3H3;;1-4H. The zero-order valence-corrected chi connectivity index (χ0v) is 13.1. The molecule has 8 heteroatoms. The number of ether oxygens (including phenoxy) is 1. The zero-order valence-electron chi connectivity index (χ0n) is 8.93. The van der Waals surface area contributed by atoms with Gasteiger partial charge in [-0.05, 0) is 0 Å². The fourth-order valence-corrected chi connectivity index (χ4v) is 0.883. The molecule has 15 heavy (non-hydrogen) atoms. The summed E-state index contributed by atoms with van der Waals surface area (Å²) in [5.41, 5.74) is 0.484. The van der Waals surface area contributed by atoms with Crippen LogP contribution in [0.2, 0.25) is 0.515 Å². The predicted octanol–water partition coefficient (Wildman–Crippen LogP) is -1.53.